The number of hydrogen-bond donors (Lipinski definition) is 1. The third-order valence-electron chi connectivity index (χ3n) is 5.07. The number of hydrogen-bond acceptors (Lipinski definition) is 6. The van der Waals surface area contributed by atoms with Crippen LogP contribution in [0.15, 0.2) is 72.8 Å². The summed E-state index contributed by atoms with van der Waals surface area (Å²) in [6.07, 6.45) is 1.12. The highest BCUT2D eigenvalue weighted by molar-refractivity contribution is 5.91. The van der Waals surface area contributed by atoms with Gasteiger partial charge in [0.25, 0.3) is 0 Å². The zero-order valence-corrected chi connectivity index (χ0v) is 17.7. The van der Waals surface area contributed by atoms with Gasteiger partial charge in [-0.05, 0) is 30.2 Å². The van der Waals surface area contributed by atoms with Gasteiger partial charge in [-0.2, -0.15) is 0 Å². The van der Waals surface area contributed by atoms with Gasteiger partial charge in [0.1, 0.15) is 5.82 Å². The molecular formula is C26H23N3O3. The molecule has 6 nitrogen and oxygen atoms in total. The van der Waals surface area contributed by atoms with Crippen LogP contribution in [0.5, 0.6) is 0 Å². The smallest absolute Gasteiger partial charge is 0.307 e. The number of carbonyl (C=O) groups is 2. The lowest BCUT2D eigenvalue weighted by atomic mass is 9.99. The molecule has 0 bridgehead atoms. The normalized spacial score (nSPS) is 10.7. The molecule has 4 rings (SSSR count). The van der Waals surface area contributed by atoms with E-state index in [2.05, 4.69) is 5.32 Å². The second kappa shape index (κ2) is 9.83. The second-order valence-corrected chi connectivity index (χ2v) is 7.18. The lowest BCUT2D eigenvalue weighted by Crippen LogP contribution is -2.12. The zero-order chi connectivity index (χ0) is 22.3. The Balaban J connectivity index is 1.64. The van der Waals surface area contributed by atoms with Crippen molar-refractivity contribution in [1.29, 1.82) is 0 Å². The van der Waals surface area contributed by atoms with E-state index in [1.54, 1.807) is 13.0 Å². The number of para-hydroxylation sites is 1. The van der Waals surface area contributed by atoms with Crippen molar-refractivity contribution in [3.63, 3.8) is 0 Å². The van der Waals surface area contributed by atoms with E-state index in [-0.39, 0.29) is 12.4 Å². The Labute approximate surface area is 186 Å². The molecule has 4 aromatic rings. The van der Waals surface area contributed by atoms with Crippen molar-refractivity contribution >= 4 is 29.0 Å². The van der Waals surface area contributed by atoms with Crippen LogP contribution < -0.4 is 5.32 Å². The van der Waals surface area contributed by atoms with E-state index in [1.807, 2.05) is 66.7 Å². The summed E-state index contributed by atoms with van der Waals surface area (Å²) in [6, 6.07) is 23.1. The van der Waals surface area contributed by atoms with Gasteiger partial charge in [-0.15, -0.1) is 0 Å². The summed E-state index contributed by atoms with van der Waals surface area (Å²) in [7, 11) is 0. The summed E-state index contributed by atoms with van der Waals surface area (Å²) in [4.78, 5) is 32.5. The topological polar surface area (TPSA) is 81.2 Å². The van der Waals surface area contributed by atoms with Crippen LogP contribution >= 0.6 is 0 Å². The molecule has 0 aliphatic carbocycles. The summed E-state index contributed by atoms with van der Waals surface area (Å²) in [5.74, 6) is 1.01. The third kappa shape index (κ3) is 4.64. The van der Waals surface area contributed by atoms with Gasteiger partial charge in [0, 0.05) is 23.1 Å². The maximum absolute atomic E-state index is 11.7. The first-order chi connectivity index (χ1) is 15.7. The highest BCUT2D eigenvalue weighted by atomic mass is 16.5. The van der Waals surface area contributed by atoms with Crippen molar-refractivity contribution in [3.8, 4) is 22.5 Å². The minimum absolute atomic E-state index is 0.246. The van der Waals surface area contributed by atoms with E-state index in [0.717, 1.165) is 33.9 Å². The van der Waals surface area contributed by atoms with Gasteiger partial charge in [-0.1, -0.05) is 60.7 Å². The number of esters is 1. The highest BCUT2D eigenvalue weighted by Gasteiger charge is 2.11. The molecule has 1 heterocycles. The number of carbonyl (C=O) groups excluding carboxylic acids is 2. The SMILES string of the molecule is CCOC(=O)CCNc1nc(-c2ccc(-c3ccccc3C=O)cc2)nc2ccccc12. The maximum Gasteiger partial charge on any atom is 0.307 e. The predicted molar refractivity (Wildman–Crippen MR) is 126 cm³/mol. The number of ether oxygens (including phenoxy) is 1. The Morgan fingerprint density at radius 2 is 1.66 bits per heavy atom. The largest absolute Gasteiger partial charge is 0.466 e. The van der Waals surface area contributed by atoms with E-state index in [0.29, 0.717) is 30.4 Å². The maximum atomic E-state index is 11.7. The number of benzene rings is 3. The summed E-state index contributed by atoms with van der Waals surface area (Å²) in [5, 5.41) is 4.13. The molecule has 1 aromatic heterocycles. The molecule has 0 aliphatic rings. The summed E-state index contributed by atoms with van der Waals surface area (Å²) in [6.45, 7) is 2.58. The molecule has 160 valence electrons. The van der Waals surface area contributed by atoms with Gasteiger partial charge in [-0.3, -0.25) is 9.59 Å². The van der Waals surface area contributed by atoms with Crippen LogP contribution in [0.25, 0.3) is 33.4 Å². The van der Waals surface area contributed by atoms with Crippen LogP contribution in [-0.4, -0.2) is 35.4 Å². The summed E-state index contributed by atoms with van der Waals surface area (Å²) in [5.41, 5.74) is 4.15. The van der Waals surface area contributed by atoms with Crippen molar-refractivity contribution in [2.24, 2.45) is 0 Å². The van der Waals surface area contributed by atoms with Crippen molar-refractivity contribution in [2.75, 3.05) is 18.5 Å². The van der Waals surface area contributed by atoms with Crippen LogP contribution in [0.1, 0.15) is 23.7 Å². The predicted octanol–water partition coefficient (Wildman–Crippen LogP) is 5.14. The molecule has 0 spiro atoms. The highest BCUT2D eigenvalue weighted by Crippen LogP contribution is 2.28. The monoisotopic (exact) mass is 425 g/mol. The fourth-order valence-corrected chi connectivity index (χ4v) is 3.52. The van der Waals surface area contributed by atoms with Crippen LogP contribution in [0.2, 0.25) is 0 Å². The first kappa shape index (κ1) is 21.2. The van der Waals surface area contributed by atoms with Crippen molar-refractivity contribution in [3.05, 3.63) is 78.4 Å². The minimum Gasteiger partial charge on any atom is -0.466 e. The van der Waals surface area contributed by atoms with Gasteiger partial charge >= 0.3 is 5.97 Å². The van der Waals surface area contributed by atoms with Gasteiger partial charge < -0.3 is 10.1 Å². The van der Waals surface area contributed by atoms with Gasteiger partial charge in [0.2, 0.25) is 0 Å². The second-order valence-electron chi connectivity index (χ2n) is 7.18. The molecule has 0 atom stereocenters. The van der Waals surface area contributed by atoms with Crippen molar-refractivity contribution in [2.45, 2.75) is 13.3 Å². The number of anilines is 1. The molecule has 3 aromatic carbocycles. The van der Waals surface area contributed by atoms with Gasteiger partial charge in [0.15, 0.2) is 12.1 Å². The molecule has 6 heteroatoms. The first-order valence-corrected chi connectivity index (χ1v) is 10.5. The first-order valence-electron chi connectivity index (χ1n) is 10.5. The zero-order valence-electron chi connectivity index (χ0n) is 17.7. The van der Waals surface area contributed by atoms with Gasteiger partial charge in [-0.25, -0.2) is 9.97 Å². The fraction of sp³-hybridized carbons (Fsp3) is 0.154. The quantitative estimate of drug-likeness (QED) is 0.311. The number of fused-ring (bicyclic) bond motifs is 1. The number of aromatic nitrogens is 2. The van der Waals surface area contributed by atoms with E-state index in [1.165, 1.54) is 0 Å². The molecule has 0 fully saturated rings. The van der Waals surface area contributed by atoms with E-state index < -0.39 is 0 Å². The number of nitrogens with one attached hydrogen (secondary N) is 1. The Morgan fingerprint density at radius 1 is 0.938 bits per heavy atom. The molecule has 0 saturated carbocycles. The molecular weight excluding hydrogens is 402 g/mol. The molecule has 32 heavy (non-hydrogen) atoms. The Kier molecular flexibility index (Phi) is 6.51. The molecule has 0 saturated heterocycles. The Hall–Kier alpha value is -4.06. The number of rotatable bonds is 8. The third-order valence-corrected chi connectivity index (χ3v) is 5.07. The molecule has 0 amide bonds. The molecule has 0 radical (unpaired) electrons. The number of aldehydes is 1. The Morgan fingerprint density at radius 3 is 2.44 bits per heavy atom. The fourth-order valence-electron chi connectivity index (χ4n) is 3.52. The van der Waals surface area contributed by atoms with E-state index >= 15 is 0 Å². The minimum atomic E-state index is -0.246. The average molecular weight is 425 g/mol. The molecule has 0 aliphatic heterocycles. The standard InChI is InChI=1S/C26H23N3O3/c1-2-32-24(31)15-16-27-26-22-9-5-6-10-23(22)28-25(29-26)19-13-11-18(12-14-19)21-8-4-3-7-20(21)17-30/h3-14,17H,2,15-16H2,1H3,(H,27,28,29). The van der Waals surface area contributed by atoms with Crippen LogP contribution in [0, 0.1) is 0 Å². The lowest BCUT2D eigenvalue weighted by Gasteiger charge is -2.11. The van der Waals surface area contributed by atoms with Crippen LogP contribution in [0.3, 0.4) is 0 Å². The van der Waals surface area contributed by atoms with Crippen molar-refractivity contribution < 1.29 is 14.3 Å². The summed E-state index contributed by atoms with van der Waals surface area (Å²) < 4.78 is 4.99. The Bertz CT molecular complexity index is 1250. The summed E-state index contributed by atoms with van der Waals surface area (Å²) >= 11 is 0. The van der Waals surface area contributed by atoms with Gasteiger partial charge in [0.05, 0.1) is 18.5 Å². The molecule has 1 N–H and O–H groups in total. The van der Waals surface area contributed by atoms with Crippen LogP contribution in [-0.2, 0) is 9.53 Å². The average Bonchev–Trinajstić information content (AvgIpc) is 2.84. The lowest BCUT2D eigenvalue weighted by molar-refractivity contribution is -0.142. The number of nitrogens with zero attached hydrogens (tertiary/aromatic N) is 2. The van der Waals surface area contributed by atoms with Crippen LogP contribution in [0.4, 0.5) is 5.82 Å². The van der Waals surface area contributed by atoms with Crippen molar-refractivity contribution in [1.82, 2.24) is 9.97 Å². The van der Waals surface area contributed by atoms with E-state index in [4.69, 9.17) is 14.7 Å². The van der Waals surface area contributed by atoms with E-state index in [9.17, 15) is 9.59 Å². The molecule has 0 unspecified atom stereocenters.